The lowest BCUT2D eigenvalue weighted by atomic mass is 10.2. The Hall–Kier alpha value is -1.24. The Balaban J connectivity index is 2.68. The van der Waals surface area contributed by atoms with E-state index in [1.807, 2.05) is 4.98 Å². The van der Waals surface area contributed by atoms with Gasteiger partial charge in [0.1, 0.15) is 10.7 Å². The summed E-state index contributed by atoms with van der Waals surface area (Å²) in [6, 6.07) is 0.759. The van der Waals surface area contributed by atoms with Gasteiger partial charge in [0.05, 0.1) is 0 Å². The first-order chi connectivity index (χ1) is 7.28. The molecule has 1 N–H and O–H groups in total. The molecule has 16 heavy (non-hydrogen) atoms. The average Bonchev–Trinajstić information content (AvgIpc) is 2.81. The molecule has 0 saturated heterocycles. The number of H-pyrrole nitrogens is 1. The number of rotatable bonds is 1. The van der Waals surface area contributed by atoms with Crippen LogP contribution in [0.2, 0.25) is 5.15 Å². The second-order valence-electron chi connectivity index (χ2n) is 3.63. The van der Waals surface area contributed by atoms with Crippen molar-refractivity contribution in [3.63, 3.8) is 0 Å². The minimum absolute atomic E-state index is 0.193. The van der Waals surface area contributed by atoms with Crippen molar-refractivity contribution in [1.29, 1.82) is 0 Å². The number of nitrogens with one attached hydrogen (secondary N) is 1. The highest BCUT2D eigenvalue weighted by Gasteiger charge is 2.66. The lowest BCUT2D eigenvalue weighted by Crippen LogP contribution is -2.48. The molecule has 8 heteroatoms. The summed E-state index contributed by atoms with van der Waals surface area (Å²) in [5, 5.41) is -0.274. The molecule has 1 aromatic rings. The molecule has 88 valence electrons. The standard InChI is InChI=1S/C8H6ClF3N2O2/c9-4-3-5(15)14(6(16)13-4)7(1-2-7)8(10,11)12/h3H,1-2H2,(H,13,16). The molecule has 1 aliphatic rings. The maximum Gasteiger partial charge on any atom is 0.412 e. The quantitative estimate of drug-likeness (QED) is 0.767. The molecular formula is C8H6ClF3N2O2. The van der Waals surface area contributed by atoms with Gasteiger partial charge < -0.3 is 0 Å². The van der Waals surface area contributed by atoms with E-state index in [4.69, 9.17) is 11.6 Å². The van der Waals surface area contributed by atoms with Crippen LogP contribution < -0.4 is 11.2 Å². The maximum atomic E-state index is 12.7. The fourth-order valence-corrected chi connectivity index (χ4v) is 1.80. The van der Waals surface area contributed by atoms with Crippen molar-refractivity contribution in [1.82, 2.24) is 9.55 Å². The minimum atomic E-state index is -4.61. The van der Waals surface area contributed by atoms with E-state index >= 15 is 0 Å². The van der Waals surface area contributed by atoms with Crippen molar-refractivity contribution in [2.75, 3.05) is 0 Å². The monoisotopic (exact) mass is 254 g/mol. The molecule has 0 amide bonds. The first kappa shape index (κ1) is 11.3. The molecule has 0 atom stereocenters. The predicted octanol–water partition coefficient (Wildman–Crippen LogP) is 1.24. The van der Waals surface area contributed by atoms with Gasteiger partial charge in [-0.2, -0.15) is 13.2 Å². The van der Waals surface area contributed by atoms with E-state index < -0.39 is 23.0 Å². The Labute approximate surface area is 91.7 Å². The molecule has 0 spiro atoms. The van der Waals surface area contributed by atoms with Crippen molar-refractivity contribution in [2.24, 2.45) is 0 Å². The van der Waals surface area contributed by atoms with Gasteiger partial charge in [0.25, 0.3) is 5.56 Å². The second-order valence-corrected chi connectivity index (χ2v) is 4.03. The first-order valence-corrected chi connectivity index (χ1v) is 4.75. The highest BCUT2D eigenvalue weighted by Crippen LogP contribution is 2.53. The molecular weight excluding hydrogens is 249 g/mol. The van der Waals surface area contributed by atoms with Crippen LogP contribution >= 0.6 is 11.6 Å². The van der Waals surface area contributed by atoms with Crippen LogP contribution in [0.15, 0.2) is 15.7 Å². The minimum Gasteiger partial charge on any atom is -0.298 e. The average molecular weight is 255 g/mol. The molecule has 2 rings (SSSR count). The number of nitrogens with zero attached hydrogens (tertiary/aromatic N) is 1. The molecule has 1 aromatic heterocycles. The summed E-state index contributed by atoms with van der Waals surface area (Å²) in [6.07, 6.45) is -5.14. The second kappa shape index (κ2) is 3.13. The van der Waals surface area contributed by atoms with Crippen molar-refractivity contribution >= 4 is 11.6 Å². The van der Waals surface area contributed by atoms with Crippen LogP contribution in [0.3, 0.4) is 0 Å². The molecule has 4 nitrogen and oxygen atoms in total. The van der Waals surface area contributed by atoms with E-state index in [0.29, 0.717) is 0 Å². The normalized spacial score (nSPS) is 18.5. The number of hydrogen-bond acceptors (Lipinski definition) is 2. The van der Waals surface area contributed by atoms with Gasteiger partial charge in [-0.15, -0.1) is 0 Å². The summed E-state index contributed by atoms with van der Waals surface area (Å²) in [4.78, 5) is 24.6. The largest absolute Gasteiger partial charge is 0.412 e. The Morgan fingerprint density at radius 2 is 1.94 bits per heavy atom. The molecule has 1 fully saturated rings. The summed E-state index contributed by atoms with van der Waals surface area (Å²) in [5.74, 6) is 0. The number of hydrogen-bond donors (Lipinski definition) is 1. The van der Waals surface area contributed by atoms with Gasteiger partial charge >= 0.3 is 11.9 Å². The molecule has 1 heterocycles. The van der Waals surface area contributed by atoms with Gasteiger partial charge in [-0.25, -0.2) is 9.36 Å². The van der Waals surface area contributed by atoms with E-state index in [1.165, 1.54) is 0 Å². The molecule has 0 aliphatic heterocycles. The van der Waals surface area contributed by atoms with Gasteiger partial charge in [-0.1, -0.05) is 11.6 Å². The molecule has 1 saturated carbocycles. The Morgan fingerprint density at radius 1 is 1.38 bits per heavy atom. The summed E-state index contributed by atoms with van der Waals surface area (Å²) in [6.45, 7) is 0. The SMILES string of the molecule is O=c1cc(Cl)[nH]c(=O)n1C1(C(F)(F)F)CC1. The van der Waals surface area contributed by atoms with E-state index in [0.717, 1.165) is 6.07 Å². The highest BCUT2D eigenvalue weighted by atomic mass is 35.5. The van der Waals surface area contributed by atoms with Gasteiger partial charge in [-0.3, -0.25) is 9.78 Å². The molecule has 0 bridgehead atoms. The van der Waals surface area contributed by atoms with Crippen molar-refractivity contribution in [3.8, 4) is 0 Å². The number of halogens is 4. The maximum absolute atomic E-state index is 12.7. The first-order valence-electron chi connectivity index (χ1n) is 4.37. The lowest BCUT2D eigenvalue weighted by molar-refractivity contribution is -0.181. The van der Waals surface area contributed by atoms with Crippen LogP contribution in [-0.4, -0.2) is 15.7 Å². The smallest absolute Gasteiger partial charge is 0.298 e. The summed E-state index contributed by atoms with van der Waals surface area (Å²) >= 11 is 5.36. The van der Waals surface area contributed by atoms with Gasteiger partial charge in [-0.05, 0) is 12.8 Å². The molecule has 0 unspecified atom stereocenters. The van der Waals surface area contributed by atoms with E-state index in [-0.39, 0.29) is 22.6 Å². The zero-order valence-electron chi connectivity index (χ0n) is 7.77. The fraction of sp³-hybridized carbons (Fsp3) is 0.500. The predicted molar refractivity (Wildman–Crippen MR) is 49.6 cm³/mol. The van der Waals surface area contributed by atoms with Crippen LogP contribution in [0.1, 0.15) is 12.8 Å². The van der Waals surface area contributed by atoms with Crippen LogP contribution in [0, 0.1) is 0 Å². The summed E-state index contributed by atoms with van der Waals surface area (Å²) in [5.41, 5.74) is -4.52. The highest BCUT2D eigenvalue weighted by molar-refractivity contribution is 6.29. The molecule has 1 aliphatic carbocycles. The van der Waals surface area contributed by atoms with Gasteiger partial charge in [0.2, 0.25) is 0 Å². The topological polar surface area (TPSA) is 54.9 Å². The van der Waals surface area contributed by atoms with Crippen LogP contribution in [0.5, 0.6) is 0 Å². The zero-order valence-corrected chi connectivity index (χ0v) is 8.52. The number of aromatic nitrogens is 2. The van der Waals surface area contributed by atoms with Crippen molar-refractivity contribution in [3.05, 3.63) is 32.1 Å². The van der Waals surface area contributed by atoms with Gasteiger partial charge in [0.15, 0.2) is 0 Å². The van der Waals surface area contributed by atoms with Crippen molar-refractivity contribution in [2.45, 2.75) is 24.6 Å². The Bertz CT molecular complexity index is 510. The van der Waals surface area contributed by atoms with Crippen molar-refractivity contribution < 1.29 is 13.2 Å². The van der Waals surface area contributed by atoms with E-state index in [2.05, 4.69) is 0 Å². The number of aromatic amines is 1. The third kappa shape index (κ3) is 1.46. The lowest BCUT2D eigenvalue weighted by Gasteiger charge is -2.20. The Morgan fingerprint density at radius 3 is 2.31 bits per heavy atom. The summed E-state index contributed by atoms with van der Waals surface area (Å²) < 4.78 is 38.3. The molecule has 0 radical (unpaired) electrons. The Kier molecular flexibility index (Phi) is 2.20. The van der Waals surface area contributed by atoms with Gasteiger partial charge in [0, 0.05) is 6.07 Å². The van der Waals surface area contributed by atoms with E-state index in [9.17, 15) is 22.8 Å². The van der Waals surface area contributed by atoms with Crippen LogP contribution in [0.25, 0.3) is 0 Å². The molecule has 0 aromatic carbocycles. The fourth-order valence-electron chi connectivity index (χ4n) is 1.62. The van der Waals surface area contributed by atoms with E-state index in [1.54, 1.807) is 0 Å². The summed E-state index contributed by atoms with van der Waals surface area (Å²) in [7, 11) is 0. The third-order valence-electron chi connectivity index (χ3n) is 2.58. The number of alkyl halides is 3. The van der Waals surface area contributed by atoms with Crippen LogP contribution in [-0.2, 0) is 5.54 Å². The zero-order chi connectivity index (χ0) is 12.1. The van der Waals surface area contributed by atoms with Crippen LogP contribution in [0.4, 0.5) is 13.2 Å². The third-order valence-corrected chi connectivity index (χ3v) is 2.78.